The molecule has 0 aliphatic heterocycles. The lowest BCUT2D eigenvalue weighted by Crippen LogP contribution is -2.13. The van der Waals surface area contributed by atoms with Crippen LogP contribution in [0.4, 0.5) is 5.69 Å². The number of halogens is 1. The second-order valence-corrected chi connectivity index (χ2v) is 5.48. The van der Waals surface area contributed by atoms with Crippen LogP contribution < -0.4 is 5.32 Å². The molecular formula is C15H14INO. The van der Waals surface area contributed by atoms with Crippen LogP contribution in [-0.4, -0.2) is 5.91 Å². The number of hydrogen-bond acceptors (Lipinski definition) is 1. The average molecular weight is 351 g/mol. The summed E-state index contributed by atoms with van der Waals surface area (Å²) in [5.41, 5.74) is 3.74. The Morgan fingerprint density at radius 3 is 2.28 bits per heavy atom. The highest BCUT2D eigenvalue weighted by Gasteiger charge is 2.09. The first-order chi connectivity index (χ1) is 8.58. The van der Waals surface area contributed by atoms with Crippen LogP contribution >= 0.6 is 22.6 Å². The maximum atomic E-state index is 12.2. The van der Waals surface area contributed by atoms with E-state index in [9.17, 15) is 4.79 Å². The summed E-state index contributed by atoms with van der Waals surface area (Å²) in [6.45, 7) is 3.99. The third-order valence-corrected chi connectivity index (χ3v) is 3.48. The van der Waals surface area contributed by atoms with Gasteiger partial charge in [0.2, 0.25) is 0 Å². The van der Waals surface area contributed by atoms with Gasteiger partial charge in [-0.3, -0.25) is 4.79 Å². The molecule has 0 aromatic heterocycles. The highest BCUT2D eigenvalue weighted by atomic mass is 127. The maximum absolute atomic E-state index is 12.2. The number of amides is 1. The molecule has 0 aliphatic carbocycles. The molecule has 2 aromatic carbocycles. The average Bonchev–Trinajstić information content (AvgIpc) is 2.34. The van der Waals surface area contributed by atoms with Gasteiger partial charge >= 0.3 is 0 Å². The standard InChI is InChI=1S/C15H14INO/c1-10-5-3-6-11(2)14(10)17-15(18)12-7-4-8-13(16)9-12/h3-9H,1-2H3,(H,17,18). The third kappa shape index (κ3) is 2.90. The molecule has 0 saturated carbocycles. The fourth-order valence-electron chi connectivity index (χ4n) is 1.83. The van der Waals surface area contributed by atoms with Gasteiger partial charge in [-0.15, -0.1) is 0 Å². The van der Waals surface area contributed by atoms with Crippen molar-refractivity contribution in [2.75, 3.05) is 5.32 Å². The van der Waals surface area contributed by atoms with Gasteiger partial charge in [0.25, 0.3) is 5.91 Å². The molecule has 92 valence electrons. The maximum Gasteiger partial charge on any atom is 0.255 e. The Kier molecular flexibility index (Phi) is 4.01. The lowest BCUT2D eigenvalue weighted by molar-refractivity contribution is 0.102. The van der Waals surface area contributed by atoms with Crippen molar-refractivity contribution in [2.24, 2.45) is 0 Å². The molecule has 1 N–H and O–H groups in total. The number of carbonyl (C=O) groups is 1. The molecule has 0 bridgehead atoms. The zero-order valence-electron chi connectivity index (χ0n) is 10.3. The molecule has 0 aliphatic rings. The van der Waals surface area contributed by atoms with Crippen molar-refractivity contribution >= 4 is 34.2 Å². The van der Waals surface area contributed by atoms with Gasteiger partial charge in [0.05, 0.1) is 0 Å². The molecule has 0 radical (unpaired) electrons. The van der Waals surface area contributed by atoms with Gasteiger partial charge in [-0.1, -0.05) is 24.3 Å². The molecular weight excluding hydrogens is 337 g/mol. The minimum absolute atomic E-state index is 0.0640. The van der Waals surface area contributed by atoms with Gasteiger partial charge in [-0.25, -0.2) is 0 Å². The Morgan fingerprint density at radius 2 is 1.67 bits per heavy atom. The van der Waals surface area contributed by atoms with Crippen molar-refractivity contribution in [3.63, 3.8) is 0 Å². The number of carbonyl (C=O) groups excluding carboxylic acids is 1. The summed E-state index contributed by atoms with van der Waals surface area (Å²) >= 11 is 2.20. The van der Waals surface area contributed by atoms with Crippen molar-refractivity contribution < 1.29 is 4.79 Å². The molecule has 0 spiro atoms. The van der Waals surface area contributed by atoms with Crippen LogP contribution in [0.15, 0.2) is 42.5 Å². The zero-order chi connectivity index (χ0) is 13.1. The van der Waals surface area contributed by atoms with E-state index in [1.807, 2.05) is 56.3 Å². The molecule has 0 fully saturated rings. The summed E-state index contributed by atoms with van der Waals surface area (Å²) in [6.07, 6.45) is 0. The largest absolute Gasteiger partial charge is 0.322 e. The number of para-hydroxylation sites is 1. The Hall–Kier alpha value is -1.36. The minimum atomic E-state index is -0.0640. The molecule has 1 amide bonds. The van der Waals surface area contributed by atoms with Crippen LogP contribution in [0.1, 0.15) is 21.5 Å². The molecule has 0 heterocycles. The number of benzene rings is 2. The second-order valence-electron chi connectivity index (χ2n) is 4.23. The van der Waals surface area contributed by atoms with Crippen molar-refractivity contribution in [2.45, 2.75) is 13.8 Å². The van der Waals surface area contributed by atoms with Gasteiger partial charge in [0, 0.05) is 14.8 Å². The van der Waals surface area contributed by atoms with Crippen molar-refractivity contribution in [3.05, 3.63) is 62.7 Å². The predicted octanol–water partition coefficient (Wildman–Crippen LogP) is 4.16. The van der Waals surface area contributed by atoms with E-state index in [4.69, 9.17) is 0 Å². The van der Waals surface area contributed by atoms with Crippen LogP contribution in [0.3, 0.4) is 0 Å². The van der Waals surface area contributed by atoms with Gasteiger partial charge in [-0.05, 0) is 65.8 Å². The van der Waals surface area contributed by atoms with Crippen molar-refractivity contribution in [1.82, 2.24) is 0 Å². The SMILES string of the molecule is Cc1cccc(C)c1NC(=O)c1cccc(I)c1. The van der Waals surface area contributed by atoms with E-state index >= 15 is 0 Å². The highest BCUT2D eigenvalue weighted by Crippen LogP contribution is 2.20. The molecule has 0 unspecified atom stereocenters. The lowest BCUT2D eigenvalue weighted by Gasteiger charge is -2.11. The molecule has 0 saturated heterocycles. The topological polar surface area (TPSA) is 29.1 Å². The Bertz CT molecular complexity index is 573. The highest BCUT2D eigenvalue weighted by molar-refractivity contribution is 14.1. The summed E-state index contributed by atoms with van der Waals surface area (Å²) in [6, 6.07) is 13.5. The van der Waals surface area contributed by atoms with Crippen LogP contribution in [0, 0.1) is 17.4 Å². The summed E-state index contributed by atoms with van der Waals surface area (Å²) < 4.78 is 1.06. The molecule has 18 heavy (non-hydrogen) atoms. The van der Waals surface area contributed by atoms with E-state index in [2.05, 4.69) is 27.9 Å². The van der Waals surface area contributed by atoms with Gasteiger partial charge in [0.1, 0.15) is 0 Å². The lowest BCUT2D eigenvalue weighted by atomic mass is 10.1. The summed E-state index contributed by atoms with van der Waals surface area (Å²) in [5, 5.41) is 2.98. The fraction of sp³-hybridized carbons (Fsp3) is 0.133. The molecule has 2 aromatic rings. The number of anilines is 1. The number of rotatable bonds is 2. The smallest absolute Gasteiger partial charge is 0.255 e. The van der Waals surface area contributed by atoms with Gasteiger partial charge in [-0.2, -0.15) is 0 Å². The van der Waals surface area contributed by atoms with Crippen molar-refractivity contribution in [1.29, 1.82) is 0 Å². The fourth-order valence-corrected chi connectivity index (χ4v) is 2.37. The quantitative estimate of drug-likeness (QED) is 0.809. The monoisotopic (exact) mass is 351 g/mol. The van der Waals surface area contributed by atoms with Crippen LogP contribution in [0.2, 0.25) is 0 Å². The van der Waals surface area contributed by atoms with E-state index in [1.54, 1.807) is 0 Å². The summed E-state index contributed by atoms with van der Waals surface area (Å²) in [4.78, 5) is 12.2. The normalized spacial score (nSPS) is 10.2. The number of aryl methyl sites for hydroxylation is 2. The molecule has 3 heteroatoms. The van der Waals surface area contributed by atoms with E-state index in [0.29, 0.717) is 5.56 Å². The van der Waals surface area contributed by atoms with Crippen molar-refractivity contribution in [3.8, 4) is 0 Å². The number of hydrogen-bond donors (Lipinski definition) is 1. The summed E-state index contributed by atoms with van der Waals surface area (Å²) in [7, 11) is 0. The first-order valence-corrected chi connectivity index (χ1v) is 6.79. The third-order valence-electron chi connectivity index (χ3n) is 2.81. The second kappa shape index (κ2) is 5.52. The van der Waals surface area contributed by atoms with E-state index in [-0.39, 0.29) is 5.91 Å². The van der Waals surface area contributed by atoms with E-state index in [1.165, 1.54) is 0 Å². The summed E-state index contributed by atoms with van der Waals surface area (Å²) in [5.74, 6) is -0.0640. The first kappa shape index (κ1) is 13.1. The Morgan fingerprint density at radius 1 is 1.06 bits per heavy atom. The molecule has 2 nitrogen and oxygen atoms in total. The van der Waals surface area contributed by atoms with Gasteiger partial charge in [0.15, 0.2) is 0 Å². The predicted molar refractivity (Wildman–Crippen MR) is 83.0 cm³/mol. The first-order valence-electron chi connectivity index (χ1n) is 5.71. The van der Waals surface area contributed by atoms with E-state index in [0.717, 1.165) is 20.4 Å². The van der Waals surface area contributed by atoms with Crippen LogP contribution in [0.25, 0.3) is 0 Å². The molecule has 2 rings (SSSR count). The van der Waals surface area contributed by atoms with Crippen LogP contribution in [-0.2, 0) is 0 Å². The Balaban J connectivity index is 2.27. The zero-order valence-corrected chi connectivity index (χ0v) is 12.5. The van der Waals surface area contributed by atoms with E-state index < -0.39 is 0 Å². The minimum Gasteiger partial charge on any atom is -0.322 e. The number of nitrogens with one attached hydrogen (secondary N) is 1. The van der Waals surface area contributed by atoms with Gasteiger partial charge < -0.3 is 5.32 Å². The van der Waals surface area contributed by atoms with Crippen LogP contribution in [0.5, 0.6) is 0 Å². The molecule has 0 atom stereocenters. The Labute approximate surface area is 121 Å².